The third-order valence-electron chi connectivity index (χ3n) is 3.67. The predicted octanol–water partition coefficient (Wildman–Crippen LogP) is 3.62. The van der Waals surface area contributed by atoms with Crippen molar-refractivity contribution in [1.82, 2.24) is 5.32 Å². The van der Waals surface area contributed by atoms with Gasteiger partial charge in [-0.3, -0.25) is 4.79 Å². The van der Waals surface area contributed by atoms with Gasteiger partial charge in [0.2, 0.25) is 0 Å². The molecule has 0 saturated heterocycles. The third-order valence-corrected chi connectivity index (χ3v) is 4.01. The SMILES string of the molecule is CCC(CC)(CC)NC(=O)c1ccc(Cl)c(N)c1. The zero-order chi connectivity index (χ0) is 13.8. The predicted molar refractivity (Wildman–Crippen MR) is 76.9 cm³/mol. The number of nitrogens with two attached hydrogens (primary N) is 1. The van der Waals surface area contributed by atoms with E-state index in [9.17, 15) is 4.79 Å². The quantitative estimate of drug-likeness (QED) is 0.802. The van der Waals surface area contributed by atoms with Crippen molar-refractivity contribution in [3.8, 4) is 0 Å². The number of hydrogen-bond acceptors (Lipinski definition) is 2. The van der Waals surface area contributed by atoms with Crippen molar-refractivity contribution in [1.29, 1.82) is 0 Å². The number of carbonyl (C=O) groups is 1. The number of carbonyl (C=O) groups excluding carboxylic acids is 1. The van der Waals surface area contributed by atoms with Crippen LogP contribution in [0.2, 0.25) is 5.02 Å². The Morgan fingerprint density at radius 1 is 1.28 bits per heavy atom. The van der Waals surface area contributed by atoms with Crippen LogP contribution in [-0.4, -0.2) is 11.4 Å². The lowest BCUT2D eigenvalue weighted by Gasteiger charge is -2.31. The molecule has 100 valence electrons. The Bertz CT molecular complexity index is 420. The number of benzene rings is 1. The fourth-order valence-electron chi connectivity index (χ4n) is 2.01. The minimum absolute atomic E-state index is 0.0936. The summed E-state index contributed by atoms with van der Waals surface area (Å²) in [6, 6.07) is 4.96. The molecule has 1 rings (SSSR count). The number of amides is 1. The van der Waals surface area contributed by atoms with Gasteiger partial charge in [-0.15, -0.1) is 0 Å². The van der Waals surface area contributed by atoms with Crippen molar-refractivity contribution in [3.63, 3.8) is 0 Å². The van der Waals surface area contributed by atoms with E-state index in [0.29, 0.717) is 16.3 Å². The largest absolute Gasteiger partial charge is 0.398 e. The maximum absolute atomic E-state index is 12.2. The molecular formula is C14H21ClN2O. The summed E-state index contributed by atoms with van der Waals surface area (Å²) in [4.78, 5) is 12.2. The number of nitrogens with one attached hydrogen (secondary N) is 1. The smallest absolute Gasteiger partial charge is 0.251 e. The first-order chi connectivity index (χ1) is 8.48. The second-order valence-corrected chi connectivity index (χ2v) is 4.94. The summed E-state index contributed by atoms with van der Waals surface area (Å²) in [6.07, 6.45) is 2.73. The normalized spacial score (nSPS) is 11.3. The van der Waals surface area contributed by atoms with E-state index in [0.717, 1.165) is 19.3 Å². The maximum atomic E-state index is 12.2. The standard InChI is InChI=1S/C14H21ClN2O/c1-4-14(5-2,6-3)17-13(18)10-7-8-11(15)12(16)9-10/h7-9H,4-6,16H2,1-3H3,(H,17,18). The molecule has 0 atom stereocenters. The van der Waals surface area contributed by atoms with Gasteiger partial charge in [-0.25, -0.2) is 0 Å². The van der Waals surface area contributed by atoms with E-state index in [-0.39, 0.29) is 11.4 Å². The van der Waals surface area contributed by atoms with Crippen molar-refractivity contribution >= 4 is 23.2 Å². The lowest BCUT2D eigenvalue weighted by Crippen LogP contribution is -2.47. The molecule has 0 bridgehead atoms. The molecule has 0 aliphatic carbocycles. The van der Waals surface area contributed by atoms with Crippen LogP contribution in [0.3, 0.4) is 0 Å². The van der Waals surface area contributed by atoms with E-state index < -0.39 is 0 Å². The molecule has 0 radical (unpaired) electrons. The number of rotatable bonds is 5. The third kappa shape index (κ3) is 3.16. The fourth-order valence-corrected chi connectivity index (χ4v) is 2.13. The molecule has 0 aromatic heterocycles. The Morgan fingerprint density at radius 3 is 2.28 bits per heavy atom. The molecule has 0 aliphatic heterocycles. The van der Waals surface area contributed by atoms with Gasteiger partial charge in [0, 0.05) is 11.1 Å². The van der Waals surface area contributed by atoms with Gasteiger partial charge >= 0.3 is 0 Å². The number of anilines is 1. The van der Waals surface area contributed by atoms with E-state index in [1.165, 1.54) is 0 Å². The summed E-state index contributed by atoms with van der Waals surface area (Å²) in [5.74, 6) is -0.0936. The van der Waals surface area contributed by atoms with Gasteiger partial charge in [-0.05, 0) is 37.5 Å². The monoisotopic (exact) mass is 268 g/mol. The molecule has 4 heteroatoms. The molecule has 3 N–H and O–H groups in total. The van der Waals surface area contributed by atoms with Crippen LogP contribution in [0.25, 0.3) is 0 Å². The topological polar surface area (TPSA) is 55.1 Å². The number of halogens is 1. The van der Waals surface area contributed by atoms with Crippen LogP contribution in [-0.2, 0) is 0 Å². The Morgan fingerprint density at radius 2 is 1.83 bits per heavy atom. The van der Waals surface area contributed by atoms with E-state index in [2.05, 4.69) is 26.1 Å². The summed E-state index contributed by atoms with van der Waals surface area (Å²) in [7, 11) is 0. The molecule has 0 unspecified atom stereocenters. The molecule has 1 aromatic carbocycles. The molecule has 3 nitrogen and oxygen atoms in total. The molecule has 0 spiro atoms. The first kappa shape index (κ1) is 14.8. The molecule has 18 heavy (non-hydrogen) atoms. The molecule has 0 heterocycles. The maximum Gasteiger partial charge on any atom is 0.251 e. The highest BCUT2D eigenvalue weighted by Gasteiger charge is 2.26. The molecular weight excluding hydrogens is 248 g/mol. The van der Waals surface area contributed by atoms with Gasteiger partial charge in [-0.2, -0.15) is 0 Å². The first-order valence-electron chi connectivity index (χ1n) is 6.35. The average molecular weight is 269 g/mol. The van der Waals surface area contributed by atoms with Gasteiger partial charge in [0.15, 0.2) is 0 Å². The Balaban J connectivity index is 2.90. The van der Waals surface area contributed by atoms with E-state index in [4.69, 9.17) is 17.3 Å². The van der Waals surface area contributed by atoms with Crippen molar-refractivity contribution in [2.24, 2.45) is 0 Å². The zero-order valence-corrected chi connectivity index (χ0v) is 12.0. The average Bonchev–Trinajstić information content (AvgIpc) is 2.39. The summed E-state index contributed by atoms with van der Waals surface area (Å²) in [5.41, 5.74) is 6.56. The summed E-state index contributed by atoms with van der Waals surface area (Å²) >= 11 is 5.84. The molecule has 1 aromatic rings. The van der Waals surface area contributed by atoms with Crippen LogP contribution in [0.15, 0.2) is 18.2 Å². The summed E-state index contributed by atoms with van der Waals surface area (Å²) in [5, 5.41) is 3.58. The zero-order valence-electron chi connectivity index (χ0n) is 11.2. The Labute approximate surface area is 114 Å². The highest BCUT2D eigenvalue weighted by molar-refractivity contribution is 6.33. The van der Waals surface area contributed by atoms with Crippen LogP contribution in [0.1, 0.15) is 50.4 Å². The van der Waals surface area contributed by atoms with Crippen LogP contribution in [0, 0.1) is 0 Å². The van der Waals surface area contributed by atoms with Gasteiger partial charge in [0.25, 0.3) is 5.91 Å². The Kier molecular flexibility index (Phi) is 5.03. The molecule has 1 amide bonds. The van der Waals surface area contributed by atoms with Crippen LogP contribution in [0.5, 0.6) is 0 Å². The van der Waals surface area contributed by atoms with E-state index in [1.54, 1.807) is 18.2 Å². The van der Waals surface area contributed by atoms with E-state index >= 15 is 0 Å². The second kappa shape index (κ2) is 6.10. The lowest BCUT2D eigenvalue weighted by atomic mass is 9.89. The van der Waals surface area contributed by atoms with Crippen LogP contribution in [0.4, 0.5) is 5.69 Å². The Hall–Kier alpha value is -1.22. The minimum Gasteiger partial charge on any atom is -0.398 e. The van der Waals surface area contributed by atoms with Gasteiger partial charge in [0.1, 0.15) is 0 Å². The van der Waals surface area contributed by atoms with Crippen molar-refractivity contribution in [2.45, 2.75) is 45.6 Å². The number of nitrogen functional groups attached to an aromatic ring is 1. The van der Waals surface area contributed by atoms with Gasteiger partial charge < -0.3 is 11.1 Å². The molecule has 0 fully saturated rings. The number of hydrogen-bond donors (Lipinski definition) is 2. The van der Waals surface area contributed by atoms with Crippen LogP contribution >= 0.6 is 11.6 Å². The van der Waals surface area contributed by atoms with Gasteiger partial charge in [-0.1, -0.05) is 32.4 Å². The van der Waals surface area contributed by atoms with Crippen molar-refractivity contribution < 1.29 is 4.79 Å². The lowest BCUT2D eigenvalue weighted by molar-refractivity contribution is 0.0888. The van der Waals surface area contributed by atoms with E-state index in [1.807, 2.05) is 0 Å². The highest BCUT2D eigenvalue weighted by atomic mass is 35.5. The fraction of sp³-hybridized carbons (Fsp3) is 0.500. The highest BCUT2D eigenvalue weighted by Crippen LogP contribution is 2.22. The molecule has 0 saturated carbocycles. The first-order valence-corrected chi connectivity index (χ1v) is 6.73. The second-order valence-electron chi connectivity index (χ2n) is 4.53. The summed E-state index contributed by atoms with van der Waals surface area (Å²) in [6.45, 7) is 6.26. The van der Waals surface area contributed by atoms with Gasteiger partial charge in [0.05, 0.1) is 10.7 Å². The molecule has 0 aliphatic rings. The van der Waals surface area contributed by atoms with Crippen molar-refractivity contribution in [2.75, 3.05) is 5.73 Å². The van der Waals surface area contributed by atoms with Crippen molar-refractivity contribution in [3.05, 3.63) is 28.8 Å². The summed E-state index contributed by atoms with van der Waals surface area (Å²) < 4.78 is 0. The van der Waals surface area contributed by atoms with Crippen LogP contribution < -0.4 is 11.1 Å². The minimum atomic E-state index is -0.133.